The lowest BCUT2D eigenvalue weighted by Crippen LogP contribution is -2.11. The van der Waals surface area contributed by atoms with Crippen molar-refractivity contribution in [2.75, 3.05) is 33.9 Å². The molecule has 4 aromatic carbocycles. The summed E-state index contributed by atoms with van der Waals surface area (Å²) in [7, 11) is 8.34. The maximum atomic E-state index is 6.17. The molecular formula is C90H83Cl4N15. The number of rotatable bonds is 14. The number of hydrogen-bond donors (Lipinski definition) is 1. The van der Waals surface area contributed by atoms with Gasteiger partial charge in [-0.1, -0.05) is 84.9 Å². The fourth-order valence-electron chi connectivity index (χ4n) is 16.0. The molecule has 2 aliphatic carbocycles. The molecule has 2 fully saturated rings. The number of anilines is 1. The summed E-state index contributed by atoms with van der Waals surface area (Å²) < 4.78 is 9.15. The average molecular weight is 1520 g/mol. The SMILES string of the molecule is CN(C)Cc1c(-c2cccnc2)n(-c2ccc(Cl)cc2)c2cnccc12.CN(C)Cc1c(-c2ccncc2)n(-c2ccc(Cl)cc2)c2cnccc12.Clc1ccc(-n2c(-c3ccncc3)c(C3CCCCC3)c3ccncc32)cc1.Nc1ccc(-c2c(C3CCCCC3)c3ccncc3n2-c2ccc(Cl)cc2)cn1. The highest BCUT2D eigenvalue weighted by atomic mass is 35.5. The molecule has 12 heterocycles. The van der Waals surface area contributed by atoms with Crippen molar-refractivity contribution in [2.24, 2.45) is 0 Å². The van der Waals surface area contributed by atoms with Gasteiger partial charge in [-0.25, -0.2) is 4.98 Å². The molecule has 109 heavy (non-hydrogen) atoms. The van der Waals surface area contributed by atoms with Crippen molar-refractivity contribution in [1.82, 2.24) is 67.9 Å². The third-order valence-electron chi connectivity index (χ3n) is 20.6. The predicted molar refractivity (Wildman–Crippen MR) is 448 cm³/mol. The number of benzene rings is 4. The van der Waals surface area contributed by atoms with E-state index >= 15 is 0 Å². The number of fused-ring (bicyclic) bond motifs is 4. The lowest BCUT2D eigenvalue weighted by molar-refractivity contribution is 0.404. The Balaban J connectivity index is 0.000000116. The summed E-state index contributed by atoms with van der Waals surface area (Å²) in [6.45, 7) is 1.66. The van der Waals surface area contributed by atoms with Gasteiger partial charge in [-0.15, -0.1) is 0 Å². The van der Waals surface area contributed by atoms with Gasteiger partial charge in [0.25, 0.3) is 0 Å². The quantitative estimate of drug-likeness (QED) is 0.111. The first-order valence-corrected chi connectivity index (χ1v) is 38.5. The van der Waals surface area contributed by atoms with Crippen LogP contribution < -0.4 is 5.73 Å². The maximum Gasteiger partial charge on any atom is 0.123 e. The van der Waals surface area contributed by atoms with Gasteiger partial charge in [0.2, 0.25) is 0 Å². The molecule has 15 nitrogen and oxygen atoms in total. The van der Waals surface area contributed by atoms with Crippen LogP contribution in [0.5, 0.6) is 0 Å². The number of pyridine rings is 8. The van der Waals surface area contributed by atoms with Crippen molar-refractivity contribution in [3.63, 3.8) is 0 Å². The Morgan fingerprint density at radius 3 is 1.00 bits per heavy atom. The van der Waals surface area contributed by atoms with Gasteiger partial charge in [0, 0.05) is 179 Å². The van der Waals surface area contributed by atoms with Gasteiger partial charge in [-0.05, 0) is 247 Å². The number of hydrogen-bond acceptors (Lipinski definition) is 11. The number of nitrogens with two attached hydrogens (primary N) is 1. The first-order chi connectivity index (χ1) is 53.3. The number of nitrogen functional groups attached to an aromatic ring is 1. The van der Waals surface area contributed by atoms with Gasteiger partial charge >= 0.3 is 0 Å². The fourth-order valence-corrected chi connectivity index (χ4v) is 16.5. The minimum absolute atomic E-state index is 0.531. The normalized spacial score (nSPS) is 13.3. The van der Waals surface area contributed by atoms with Crippen LogP contribution in [0.25, 0.3) is 111 Å². The van der Waals surface area contributed by atoms with Crippen LogP contribution in [0.1, 0.15) is 98.3 Å². The summed E-state index contributed by atoms with van der Waals surface area (Å²) in [6.07, 6.45) is 41.1. The van der Waals surface area contributed by atoms with E-state index in [1.54, 1.807) is 6.20 Å². The van der Waals surface area contributed by atoms with Crippen LogP contribution in [0.15, 0.2) is 263 Å². The topological polar surface area (TPSA) is 155 Å². The molecule has 18 rings (SSSR count). The van der Waals surface area contributed by atoms with Crippen LogP contribution in [-0.4, -0.2) is 96.1 Å². The van der Waals surface area contributed by atoms with Gasteiger partial charge in [0.1, 0.15) is 5.82 Å². The molecular weight excluding hydrogens is 1430 g/mol. The number of nitrogens with zero attached hydrogens (tertiary/aromatic N) is 14. The van der Waals surface area contributed by atoms with Crippen molar-refractivity contribution in [2.45, 2.75) is 89.1 Å². The first-order valence-electron chi connectivity index (χ1n) is 37.0. The Morgan fingerprint density at radius 2 is 0.642 bits per heavy atom. The van der Waals surface area contributed by atoms with Crippen LogP contribution in [0.4, 0.5) is 5.82 Å². The molecule has 2 N–H and O–H groups in total. The van der Waals surface area contributed by atoms with Crippen LogP contribution >= 0.6 is 46.4 Å². The Bertz CT molecular complexity index is 5560. The van der Waals surface area contributed by atoms with Crippen LogP contribution in [0, 0.1) is 0 Å². The standard InChI is InChI=1S/C24H23ClN4.C24H22ClN3.2C21H19ClN4/c25-18-7-9-19(10-8-18)29-21-15-27-13-12-20(21)23(16-4-2-1-3-5-16)24(29)17-6-11-22(26)28-14-17;25-19-6-8-20(9-7-19)28-22-16-27-15-12-21(22)23(17-4-2-1-3-5-17)24(28)18-10-13-26-14-11-18;1-25(2)14-19-18-9-12-24-13-20(18)26(17-5-3-16(22)4-6-17)21(19)15-7-10-23-11-8-15;1-25(2)14-19-18-9-11-24-13-20(18)26(17-7-5-16(22)6-8-17)21(19)15-4-3-10-23-12-15/h6-16H,1-5H2,(H2,26,28);6-17H,1-5H2;2*3-13H,14H2,1-2H3. The number of halogens is 4. The monoisotopic (exact) mass is 1510 g/mol. The minimum atomic E-state index is 0.531. The van der Waals surface area contributed by atoms with E-state index in [1.807, 2.05) is 184 Å². The predicted octanol–water partition coefficient (Wildman–Crippen LogP) is 22.8. The van der Waals surface area contributed by atoms with Crippen molar-refractivity contribution in [3.8, 4) is 67.8 Å². The third kappa shape index (κ3) is 15.9. The zero-order valence-corrected chi connectivity index (χ0v) is 64.3. The summed E-state index contributed by atoms with van der Waals surface area (Å²) in [5, 5.41) is 7.90. The van der Waals surface area contributed by atoms with E-state index in [1.165, 1.54) is 125 Å². The van der Waals surface area contributed by atoms with E-state index in [0.717, 1.165) is 106 Å². The summed E-state index contributed by atoms with van der Waals surface area (Å²) >= 11 is 24.6. The van der Waals surface area contributed by atoms with Gasteiger partial charge in [-0.3, -0.25) is 34.9 Å². The molecule has 16 aromatic rings. The minimum Gasteiger partial charge on any atom is -0.384 e. The van der Waals surface area contributed by atoms with Crippen molar-refractivity contribution in [1.29, 1.82) is 0 Å². The largest absolute Gasteiger partial charge is 0.384 e. The summed E-state index contributed by atoms with van der Waals surface area (Å²) in [6, 6.07) is 56.7. The second-order valence-electron chi connectivity index (χ2n) is 28.3. The van der Waals surface area contributed by atoms with Gasteiger partial charge in [-0.2, -0.15) is 0 Å². The zero-order chi connectivity index (χ0) is 74.9. The average Bonchev–Trinajstić information content (AvgIpc) is 1.62. The van der Waals surface area contributed by atoms with Gasteiger partial charge in [0.05, 0.1) is 69.6 Å². The molecule has 0 atom stereocenters. The third-order valence-corrected chi connectivity index (χ3v) is 21.6. The van der Waals surface area contributed by atoms with E-state index in [0.29, 0.717) is 17.7 Å². The van der Waals surface area contributed by atoms with Crippen LogP contribution in [0.3, 0.4) is 0 Å². The molecule has 0 radical (unpaired) electrons. The van der Waals surface area contributed by atoms with Crippen LogP contribution in [0.2, 0.25) is 20.1 Å². The van der Waals surface area contributed by atoms with Crippen molar-refractivity contribution in [3.05, 3.63) is 305 Å². The summed E-state index contributed by atoms with van der Waals surface area (Å²) in [5.41, 5.74) is 29.2. The molecule has 12 aromatic heterocycles. The fraction of sp³-hybridized carbons (Fsp3) is 0.200. The first kappa shape index (κ1) is 73.6. The Hall–Kier alpha value is -10.9. The van der Waals surface area contributed by atoms with Gasteiger partial charge in [0.15, 0.2) is 0 Å². The second-order valence-corrected chi connectivity index (χ2v) is 30.1. The Kier molecular flexibility index (Phi) is 22.8. The Labute approximate surface area is 655 Å². The van der Waals surface area contributed by atoms with E-state index < -0.39 is 0 Å². The molecule has 546 valence electrons. The highest BCUT2D eigenvalue weighted by Crippen LogP contribution is 2.48. The molecule has 0 amide bonds. The summed E-state index contributed by atoms with van der Waals surface area (Å²) in [5.74, 6) is 1.65. The van der Waals surface area contributed by atoms with Crippen molar-refractivity contribution < 1.29 is 0 Å². The lowest BCUT2D eigenvalue weighted by atomic mass is 9.82. The van der Waals surface area contributed by atoms with E-state index in [2.05, 4.69) is 169 Å². The molecule has 0 saturated heterocycles. The van der Waals surface area contributed by atoms with Gasteiger partial charge < -0.3 is 33.8 Å². The molecule has 2 aliphatic rings. The molecule has 0 spiro atoms. The maximum absolute atomic E-state index is 6.17. The molecule has 19 heteroatoms. The highest BCUT2D eigenvalue weighted by Gasteiger charge is 2.30. The second kappa shape index (κ2) is 33.7. The van der Waals surface area contributed by atoms with Crippen LogP contribution in [-0.2, 0) is 13.1 Å². The zero-order valence-electron chi connectivity index (χ0n) is 61.3. The highest BCUT2D eigenvalue weighted by molar-refractivity contribution is 6.31. The van der Waals surface area contributed by atoms with E-state index in [4.69, 9.17) is 52.1 Å². The summed E-state index contributed by atoms with van der Waals surface area (Å²) in [4.78, 5) is 39.1. The molecule has 0 bridgehead atoms. The van der Waals surface area contributed by atoms with E-state index in [-0.39, 0.29) is 0 Å². The van der Waals surface area contributed by atoms with E-state index in [9.17, 15) is 0 Å². The Morgan fingerprint density at radius 1 is 0.321 bits per heavy atom. The van der Waals surface area contributed by atoms with Crippen molar-refractivity contribution >= 4 is 95.8 Å². The molecule has 2 saturated carbocycles. The molecule has 0 unspecified atom stereocenters. The lowest BCUT2D eigenvalue weighted by Gasteiger charge is -2.23. The smallest absolute Gasteiger partial charge is 0.123 e. The number of aromatic nitrogens is 12. The molecule has 0 aliphatic heterocycles.